The second-order valence-corrected chi connectivity index (χ2v) is 5.81. The van der Waals surface area contributed by atoms with Crippen LogP contribution in [0.1, 0.15) is 23.6 Å². The number of rotatable bonds is 6. The quantitative estimate of drug-likeness (QED) is 0.347. The van der Waals surface area contributed by atoms with Gasteiger partial charge in [-0.15, -0.1) is 24.0 Å². The van der Waals surface area contributed by atoms with Gasteiger partial charge in [0.1, 0.15) is 0 Å². The third kappa shape index (κ3) is 7.03. The summed E-state index contributed by atoms with van der Waals surface area (Å²) in [7, 11) is 1.69. The first kappa shape index (κ1) is 22.0. The molecule has 2 aromatic carbocycles. The van der Waals surface area contributed by atoms with Gasteiger partial charge in [-0.3, -0.25) is 9.79 Å². The molecule has 0 saturated heterocycles. The molecule has 0 fully saturated rings. The summed E-state index contributed by atoms with van der Waals surface area (Å²) in [6.45, 7) is 4.98. The van der Waals surface area contributed by atoms with E-state index in [1.54, 1.807) is 7.05 Å². The Morgan fingerprint density at radius 1 is 1.08 bits per heavy atom. The lowest BCUT2D eigenvalue weighted by Gasteiger charge is -2.13. The minimum atomic E-state index is -0.105. The predicted octanol–water partition coefficient (Wildman–Crippen LogP) is 3.48. The molecule has 0 heterocycles. The molecule has 0 aliphatic heterocycles. The molecular formula is C20H27IN4O. The molecule has 0 aromatic heterocycles. The van der Waals surface area contributed by atoms with Crippen molar-refractivity contribution < 1.29 is 4.79 Å². The number of halogens is 1. The van der Waals surface area contributed by atoms with Crippen LogP contribution in [-0.4, -0.2) is 25.5 Å². The molecule has 26 heavy (non-hydrogen) atoms. The summed E-state index contributed by atoms with van der Waals surface area (Å²) in [5.74, 6) is 0.493. The fraction of sp³-hybridized carbons (Fsp3) is 0.300. The van der Waals surface area contributed by atoms with E-state index >= 15 is 0 Å². The molecule has 3 N–H and O–H groups in total. The summed E-state index contributed by atoms with van der Waals surface area (Å²) >= 11 is 0. The first-order chi connectivity index (χ1) is 12.1. The number of nitrogens with one attached hydrogen (secondary N) is 3. The van der Waals surface area contributed by atoms with Crippen LogP contribution in [0.5, 0.6) is 0 Å². The zero-order chi connectivity index (χ0) is 18.1. The second kappa shape index (κ2) is 11.5. The summed E-state index contributed by atoms with van der Waals surface area (Å²) in [5.41, 5.74) is 4.43. The van der Waals surface area contributed by atoms with Crippen LogP contribution in [0.3, 0.4) is 0 Å². The molecule has 0 saturated carbocycles. The van der Waals surface area contributed by atoms with E-state index in [1.807, 2.05) is 36.4 Å². The first-order valence-corrected chi connectivity index (χ1v) is 8.50. The number of anilines is 1. The van der Waals surface area contributed by atoms with Crippen LogP contribution in [0.25, 0.3) is 0 Å². The normalized spacial score (nSPS) is 10.7. The Bertz CT molecular complexity index is 746. The Morgan fingerprint density at radius 2 is 1.85 bits per heavy atom. The molecule has 0 radical (unpaired) electrons. The number of hydrogen-bond donors (Lipinski definition) is 3. The number of hydrogen-bond acceptors (Lipinski definition) is 2. The van der Waals surface area contributed by atoms with E-state index in [1.165, 1.54) is 16.7 Å². The minimum Gasteiger partial charge on any atom is -0.352 e. The molecule has 140 valence electrons. The van der Waals surface area contributed by atoms with Crippen molar-refractivity contribution in [3.8, 4) is 0 Å². The molecule has 6 heteroatoms. The molecule has 0 unspecified atom stereocenters. The van der Waals surface area contributed by atoms with E-state index in [-0.39, 0.29) is 36.4 Å². The van der Waals surface area contributed by atoms with Gasteiger partial charge in [-0.05, 0) is 42.2 Å². The van der Waals surface area contributed by atoms with Crippen molar-refractivity contribution in [3.05, 3.63) is 65.2 Å². The van der Waals surface area contributed by atoms with Crippen molar-refractivity contribution >= 4 is 41.5 Å². The van der Waals surface area contributed by atoms with Crippen molar-refractivity contribution in [1.82, 2.24) is 10.6 Å². The van der Waals surface area contributed by atoms with E-state index in [9.17, 15) is 4.79 Å². The molecule has 0 atom stereocenters. The van der Waals surface area contributed by atoms with Gasteiger partial charge in [0.15, 0.2) is 5.96 Å². The summed E-state index contributed by atoms with van der Waals surface area (Å²) in [6.07, 6.45) is 0.942. The lowest BCUT2D eigenvalue weighted by molar-refractivity contribution is -0.115. The van der Waals surface area contributed by atoms with Crippen LogP contribution in [-0.2, 0) is 17.8 Å². The van der Waals surface area contributed by atoms with Crippen LogP contribution < -0.4 is 16.0 Å². The average molecular weight is 466 g/mol. The van der Waals surface area contributed by atoms with Crippen LogP contribution in [0.4, 0.5) is 5.69 Å². The largest absolute Gasteiger partial charge is 0.352 e. The van der Waals surface area contributed by atoms with E-state index in [0.29, 0.717) is 12.5 Å². The minimum absolute atomic E-state index is 0. The lowest BCUT2D eigenvalue weighted by atomic mass is 10.1. The summed E-state index contributed by atoms with van der Waals surface area (Å²) < 4.78 is 0. The Morgan fingerprint density at radius 3 is 2.54 bits per heavy atom. The van der Waals surface area contributed by atoms with E-state index in [2.05, 4.69) is 46.9 Å². The second-order valence-electron chi connectivity index (χ2n) is 5.81. The lowest BCUT2D eigenvalue weighted by Crippen LogP contribution is -2.41. The standard InChI is InChI=1S/C20H26N4O.HI/c1-4-16-9-7-11-18(12-16)24-19(25)14-23-20(21-3)22-13-17-10-6-5-8-15(17)2;/h5-12H,4,13-14H2,1-3H3,(H,24,25)(H2,21,22,23);1H. The number of carbonyl (C=O) groups is 1. The maximum Gasteiger partial charge on any atom is 0.243 e. The van der Waals surface area contributed by atoms with Crippen LogP contribution in [0, 0.1) is 6.92 Å². The van der Waals surface area contributed by atoms with Gasteiger partial charge in [0.05, 0.1) is 6.54 Å². The average Bonchev–Trinajstić information content (AvgIpc) is 2.63. The van der Waals surface area contributed by atoms with Crippen molar-refractivity contribution in [1.29, 1.82) is 0 Å². The zero-order valence-corrected chi connectivity index (χ0v) is 17.8. The SMILES string of the molecule is CCc1cccc(NC(=O)CNC(=NC)NCc2ccccc2C)c1.I. The molecular weight excluding hydrogens is 439 g/mol. The molecule has 2 aromatic rings. The Hall–Kier alpha value is -2.09. The van der Waals surface area contributed by atoms with E-state index in [4.69, 9.17) is 0 Å². The molecule has 5 nitrogen and oxygen atoms in total. The number of carbonyl (C=O) groups excluding carboxylic acids is 1. The fourth-order valence-corrected chi connectivity index (χ4v) is 2.45. The Balaban J connectivity index is 0.00000338. The van der Waals surface area contributed by atoms with Crippen LogP contribution in [0.15, 0.2) is 53.5 Å². The van der Waals surface area contributed by atoms with Gasteiger partial charge >= 0.3 is 0 Å². The summed E-state index contributed by atoms with van der Waals surface area (Å²) in [4.78, 5) is 16.3. The van der Waals surface area contributed by atoms with Gasteiger partial charge in [0, 0.05) is 19.3 Å². The third-order valence-electron chi connectivity index (χ3n) is 3.97. The van der Waals surface area contributed by atoms with Crippen LogP contribution >= 0.6 is 24.0 Å². The summed E-state index contributed by atoms with van der Waals surface area (Å²) in [5, 5.41) is 9.15. The molecule has 0 aliphatic carbocycles. The number of aliphatic imine (C=N–C) groups is 1. The van der Waals surface area contributed by atoms with Crippen molar-refractivity contribution in [2.45, 2.75) is 26.8 Å². The van der Waals surface area contributed by atoms with Gasteiger partial charge in [-0.25, -0.2) is 0 Å². The Labute approximate surface area is 172 Å². The van der Waals surface area contributed by atoms with Crippen LogP contribution in [0.2, 0.25) is 0 Å². The highest BCUT2D eigenvalue weighted by Gasteiger charge is 2.05. The zero-order valence-electron chi connectivity index (χ0n) is 15.5. The number of benzene rings is 2. The van der Waals surface area contributed by atoms with Crippen molar-refractivity contribution in [2.75, 3.05) is 18.9 Å². The number of aryl methyl sites for hydroxylation is 2. The highest BCUT2D eigenvalue weighted by molar-refractivity contribution is 14.0. The third-order valence-corrected chi connectivity index (χ3v) is 3.97. The van der Waals surface area contributed by atoms with E-state index in [0.717, 1.165) is 12.1 Å². The molecule has 1 amide bonds. The number of guanidine groups is 1. The Kier molecular flexibility index (Phi) is 9.72. The van der Waals surface area contributed by atoms with E-state index < -0.39 is 0 Å². The monoisotopic (exact) mass is 466 g/mol. The first-order valence-electron chi connectivity index (χ1n) is 8.50. The smallest absolute Gasteiger partial charge is 0.243 e. The maximum atomic E-state index is 12.1. The summed E-state index contributed by atoms with van der Waals surface area (Å²) in [6, 6.07) is 16.1. The maximum absolute atomic E-state index is 12.1. The van der Waals surface area contributed by atoms with Gasteiger partial charge in [-0.2, -0.15) is 0 Å². The van der Waals surface area contributed by atoms with Crippen molar-refractivity contribution in [3.63, 3.8) is 0 Å². The number of amides is 1. The molecule has 0 spiro atoms. The van der Waals surface area contributed by atoms with Gasteiger partial charge in [0.2, 0.25) is 5.91 Å². The number of nitrogens with zero attached hydrogens (tertiary/aromatic N) is 1. The highest BCUT2D eigenvalue weighted by atomic mass is 127. The van der Waals surface area contributed by atoms with Crippen molar-refractivity contribution in [2.24, 2.45) is 4.99 Å². The molecule has 2 rings (SSSR count). The van der Waals surface area contributed by atoms with Gasteiger partial charge in [-0.1, -0.05) is 43.3 Å². The van der Waals surface area contributed by atoms with Gasteiger partial charge < -0.3 is 16.0 Å². The highest BCUT2D eigenvalue weighted by Crippen LogP contribution is 2.10. The fourth-order valence-electron chi connectivity index (χ4n) is 2.45. The topological polar surface area (TPSA) is 65.5 Å². The predicted molar refractivity (Wildman–Crippen MR) is 119 cm³/mol. The molecule has 0 aliphatic rings. The molecule has 0 bridgehead atoms. The van der Waals surface area contributed by atoms with Gasteiger partial charge in [0.25, 0.3) is 0 Å².